The summed E-state index contributed by atoms with van der Waals surface area (Å²) in [5, 5.41) is 30.1. The van der Waals surface area contributed by atoms with Crippen LogP contribution in [0, 0.1) is 11.8 Å². The summed E-state index contributed by atoms with van der Waals surface area (Å²) in [4.78, 5) is 14.0. The Balaban J connectivity index is 1.54. The molecule has 1 spiro atoms. The van der Waals surface area contributed by atoms with Gasteiger partial charge < -0.3 is 25.0 Å². The summed E-state index contributed by atoms with van der Waals surface area (Å²) in [6, 6.07) is 11.2. The van der Waals surface area contributed by atoms with Crippen molar-refractivity contribution in [3.8, 4) is 5.75 Å². The second-order valence-corrected chi connectivity index (χ2v) is 10.3. The standard InChI is InChI=1S/C26H30ClNO5/c27-19-5-7-21-16(10-19)2-1-9-26(21)14-28(12-18-3-6-20(18)23(30)13-29)22-11-17(25(31)32)4-8-24(22)33-15-26/h4-5,7-8,10-11,18,20,23,29-30H,1-3,6,9,12-15H2,(H,31,32)/t18-,20+,23+,26?/m0/s1. The summed E-state index contributed by atoms with van der Waals surface area (Å²) >= 11 is 6.30. The van der Waals surface area contributed by atoms with Crippen molar-refractivity contribution in [2.45, 2.75) is 43.6 Å². The fraction of sp³-hybridized carbons (Fsp3) is 0.500. The highest BCUT2D eigenvalue weighted by Crippen LogP contribution is 2.46. The predicted molar refractivity (Wildman–Crippen MR) is 126 cm³/mol. The van der Waals surface area contributed by atoms with Crippen molar-refractivity contribution >= 4 is 23.3 Å². The van der Waals surface area contributed by atoms with Gasteiger partial charge in [-0.15, -0.1) is 0 Å². The normalized spacial score (nSPS) is 27.1. The van der Waals surface area contributed by atoms with E-state index >= 15 is 0 Å². The molecule has 4 atom stereocenters. The number of hydrogen-bond acceptors (Lipinski definition) is 5. The van der Waals surface area contributed by atoms with E-state index in [0.717, 1.165) is 42.8 Å². The van der Waals surface area contributed by atoms with Crippen LogP contribution in [0.5, 0.6) is 5.75 Å². The molecule has 0 saturated heterocycles. The minimum Gasteiger partial charge on any atom is -0.490 e. The van der Waals surface area contributed by atoms with Crippen molar-refractivity contribution in [1.82, 2.24) is 0 Å². The highest BCUT2D eigenvalue weighted by Gasteiger charge is 2.44. The van der Waals surface area contributed by atoms with E-state index < -0.39 is 12.1 Å². The van der Waals surface area contributed by atoms with Crippen molar-refractivity contribution < 1.29 is 24.9 Å². The van der Waals surface area contributed by atoms with Crippen molar-refractivity contribution in [2.75, 3.05) is 31.2 Å². The SMILES string of the molecule is O=C(O)c1ccc2c(c1)N(C[C@@H]1CC[C@H]1[C@H](O)CO)CC1(CCCc3cc(Cl)ccc31)CO2. The average molecular weight is 472 g/mol. The molecule has 0 amide bonds. The molecule has 5 rings (SSSR count). The first-order chi connectivity index (χ1) is 15.9. The quantitative estimate of drug-likeness (QED) is 0.613. The molecule has 0 radical (unpaired) electrons. The minimum atomic E-state index is -0.966. The molecule has 1 saturated carbocycles. The van der Waals surface area contributed by atoms with Gasteiger partial charge in [-0.25, -0.2) is 4.79 Å². The van der Waals surface area contributed by atoms with E-state index in [0.29, 0.717) is 25.4 Å². The number of hydrogen-bond donors (Lipinski definition) is 3. The monoisotopic (exact) mass is 471 g/mol. The number of fused-ring (bicyclic) bond motifs is 3. The molecule has 2 aromatic rings. The third kappa shape index (κ3) is 4.09. The lowest BCUT2D eigenvalue weighted by atomic mass is 9.68. The summed E-state index contributed by atoms with van der Waals surface area (Å²) < 4.78 is 6.37. The molecule has 1 unspecified atom stereocenters. The molecule has 1 aliphatic heterocycles. The Labute approximate surface area is 198 Å². The Morgan fingerprint density at radius 1 is 1.24 bits per heavy atom. The van der Waals surface area contributed by atoms with Gasteiger partial charge in [0.2, 0.25) is 0 Å². The molecular weight excluding hydrogens is 442 g/mol. The lowest BCUT2D eigenvalue weighted by Gasteiger charge is -2.45. The zero-order chi connectivity index (χ0) is 23.2. The largest absolute Gasteiger partial charge is 0.490 e. The average Bonchev–Trinajstić information content (AvgIpc) is 2.93. The van der Waals surface area contributed by atoms with Gasteiger partial charge in [0, 0.05) is 23.5 Å². The first-order valence-corrected chi connectivity index (χ1v) is 12.1. The first-order valence-electron chi connectivity index (χ1n) is 11.7. The molecule has 2 aliphatic carbocycles. The molecule has 1 fully saturated rings. The van der Waals surface area contributed by atoms with E-state index in [4.69, 9.17) is 16.3 Å². The van der Waals surface area contributed by atoms with E-state index in [2.05, 4.69) is 17.0 Å². The number of rotatable bonds is 5. The summed E-state index contributed by atoms with van der Waals surface area (Å²) in [6.07, 6.45) is 4.16. The van der Waals surface area contributed by atoms with Gasteiger partial charge in [-0.1, -0.05) is 17.7 Å². The number of benzene rings is 2. The number of aliphatic hydroxyl groups excluding tert-OH is 2. The van der Waals surface area contributed by atoms with Gasteiger partial charge >= 0.3 is 5.97 Å². The molecule has 6 nitrogen and oxygen atoms in total. The van der Waals surface area contributed by atoms with Crippen LogP contribution >= 0.6 is 11.6 Å². The maximum absolute atomic E-state index is 11.7. The molecule has 33 heavy (non-hydrogen) atoms. The molecule has 2 aromatic carbocycles. The summed E-state index contributed by atoms with van der Waals surface area (Å²) in [5.74, 6) is 0.0127. The third-order valence-electron chi connectivity index (χ3n) is 7.90. The maximum atomic E-state index is 11.7. The zero-order valence-electron chi connectivity index (χ0n) is 18.5. The van der Waals surface area contributed by atoms with Crippen LogP contribution in [0.25, 0.3) is 0 Å². The van der Waals surface area contributed by atoms with Crippen molar-refractivity contribution in [2.24, 2.45) is 11.8 Å². The fourth-order valence-electron chi connectivity index (χ4n) is 5.99. The number of halogens is 1. The number of nitrogens with zero attached hydrogens (tertiary/aromatic N) is 1. The number of carboxylic acid groups (broad SMARTS) is 1. The van der Waals surface area contributed by atoms with Crippen LogP contribution in [0.2, 0.25) is 5.02 Å². The summed E-state index contributed by atoms with van der Waals surface area (Å²) in [7, 11) is 0. The predicted octanol–water partition coefficient (Wildman–Crippen LogP) is 3.89. The van der Waals surface area contributed by atoms with E-state index in [-0.39, 0.29) is 29.4 Å². The molecule has 0 bridgehead atoms. The van der Waals surface area contributed by atoms with E-state index in [1.165, 1.54) is 11.1 Å². The Bertz CT molecular complexity index is 1060. The number of anilines is 1. The topological polar surface area (TPSA) is 90.2 Å². The first kappa shape index (κ1) is 22.5. The fourth-order valence-corrected chi connectivity index (χ4v) is 6.19. The Morgan fingerprint density at radius 2 is 2.09 bits per heavy atom. The van der Waals surface area contributed by atoms with Crippen LogP contribution in [0.4, 0.5) is 5.69 Å². The van der Waals surface area contributed by atoms with Gasteiger partial charge in [-0.3, -0.25) is 0 Å². The second kappa shape index (κ2) is 8.82. The van der Waals surface area contributed by atoms with Gasteiger partial charge in [-0.05, 0) is 85.4 Å². The van der Waals surface area contributed by atoms with Crippen LogP contribution in [0.1, 0.15) is 47.2 Å². The van der Waals surface area contributed by atoms with E-state index in [1.54, 1.807) is 18.2 Å². The molecule has 3 N–H and O–H groups in total. The Morgan fingerprint density at radius 3 is 2.82 bits per heavy atom. The number of carboxylic acids is 1. The lowest BCUT2D eigenvalue weighted by Crippen LogP contribution is -2.50. The van der Waals surface area contributed by atoms with Gasteiger partial charge in [0.15, 0.2) is 0 Å². The molecule has 1 heterocycles. The number of aromatic carboxylic acids is 1. The lowest BCUT2D eigenvalue weighted by molar-refractivity contribution is -0.0183. The molecule has 176 valence electrons. The van der Waals surface area contributed by atoms with Gasteiger partial charge in [0.05, 0.1) is 30.6 Å². The molecule has 0 aromatic heterocycles. The van der Waals surface area contributed by atoms with Crippen LogP contribution in [-0.4, -0.2) is 53.7 Å². The molecule has 7 heteroatoms. The van der Waals surface area contributed by atoms with Gasteiger partial charge in [0.25, 0.3) is 0 Å². The molecule has 3 aliphatic rings. The third-order valence-corrected chi connectivity index (χ3v) is 8.13. The van der Waals surface area contributed by atoms with Crippen LogP contribution in [0.3, 0.4) is 0 Å². The van der Waals surface area contributed by atoms with E-state index in [9.17, 15) is 20.1 Å². The van der Waals surface area contributed by atoms with Crippen molar-refractivity contribution in [3.63, 3.8) is 0 Å². The van der Waals surface area contributed by atoms with Crippen molar-refractivity contribution in [3.05, 3.63) is 58.1 Å². The Kier molecular flexibility index (Phi) is 6.02. The molecular formula is C26H30ClNO5. The van der Waals surface area contributed by atoms with Crippen LogP contribution < -0.4 is 9.64 Å². The summed E-state index contributed by atoms with van der Waals surface area (Å²) in [5.41, 5.74) is 3.31. The highest BCUT2D eigenvalue weighted by molar-refractivity contribution is 6.30. The van der Waals surface area contributed by atoms with E-state index in [1.807, 2.05) is 6.07 Å². The maximum Gasteiger partial charge on any atom is 0.335 e. The van der Waals surface area contributed by atoms with Crippen molar-refractivity contribution in [1.29, 1.82) is 0 Å². The van der Waals surface area contributed by atoms with Crippen LogP contribution in [0.15, 0.2) is 36.4 Å². The van der Waals surface area contributed by atoms with Gasteiger partial charge in [0.1, 0.15) is 5.75 Å². The number of ether oxygens (including phenoxy) is 1. The zero-order valence-corrected chi connectivity index (χ0v) is 19.3. The number of aryl methyl sites for hydroxylation is 1. The smallest absolute Gasteiger partial charge is 0.335 e. The minimum absolute atomic E-state index is 0.0543. The van der Waals surface area contributed by atoms with Crippen LogP contribution in [-0.2, 0) is 11.8 Å². The highest BCUT2D eigenvalue weighted by atomic mass is 35.5. The summed E-state index contributed by atoms with van der Waals surface area (Å²) in [6.45, 7) is 1.68. The number of carbonyl (C=O) groups is 1. The number of aliphatic hydroxyl groups is 2. The van der Waals surface area contributed by atoms with Gasteiger partial charge in [-0.2, -0.15) is 0 Å². The Hall–Kier alpha value is -2.28. The second-order valence-electron chi connectivity index (χ2n) is 9.84.